The van der Waals surface area contributed by atoms with Crippen molar-refractivity contribution in [2.24, 2.45) is 17.1 Å². The lowest BCUT2D eigenvalue weighted by molar-refractivity contribution is 0.135. The van der Waals surface area contributed by atoms with Crippen LogP contribution >= 0.6 is 0 Å². The van der Waals surface area contributed by atoms with E-state index < -0.39 is 0 Å². The van der Waals surface area contributed by atoms with Gasteiger partial charge in [0, 0.05) is 0 Å². The summed E-state index contributed by atoms with van der Waals surface area (Å²) in [6, 6.07) is 0. The summed E-state index contributed by atoms with van der Waals surface area (Å²) in [5, 5.41) is 0. The van der Waals surface area contributed by atoms with E-state index in [0.29, 0.717) is 5.41 Å². The summed E-state index contributed by atoms with van der Waals surface area (Å²) in [5.74, 6) is 0.907. The van der Waals surface area contributed by atoms with Crippen LogP contribution < -0.4 is 5.73 Å². The number of hydrogen-bond donors (Lipinski definition) is 1. The molecule has 0 aromatic heterocycles. The van der Waals surface area contributed by atoms with Crippen LogP contribution in [0.1, 0.15) is 65.2 Å². The molecule has 1 aliphatic rings. The summed E-state index contributed by atoms with van der Waals surface area (Å²) in [5.41, 5.74) is 6.47. The predicted octanol–water partition coefficient (Wildman–Crippen LogP) is 3.72. The van der Waals surface area contributed by atoms with E-state index in [1.807, 2.05) is 0 Å². The Bertz CT molecular complexity index is 133. The van der Waals surface area contributed by atoms with Gasteiger partial charge in [-0.2, -0.15) is 0 Å². The van der Waals surface area contributed by atoms with Crippen LogP contribution in [0.15, 0.2) is 0 Å². The fourth-order valence-electron chi connectivity index (χ4n) is 3.17. The fraction of sp³-hybridized carbons (Fsp3) is 1.00. The zero-order valence-corrected chi connectivity index (χ0v) is 10.0. The third-order valence-electron chi connectivity index (χ3n) is 4.54. The van der Waals surface area contributed by atoms with Gasteiger partial charge in [-0.05, 0) is 43.6 Å². The molecule has 84 valence electrons. The van der Waals surface area contributed by atoms with Gasteiger partial charge in [0.15, 0.2) is 0 Å². The van der Waals surface area contributed by atoms with Gasteiger partial charge in [-0.3, -0.25) is 0 Å². The molecule has 0 bridgehead atoms. The molecule has 0 aromatic carbocycles. The van der Waals surface area contributed by atoms with E-state index in [1.165, 1.54) is 51.4 Å². The first kappa shape index (κ1) is 12.0. The first-order valence-electron chi connectivity index (χ1n) is 6.49. The highest BCUT2D eigenvalue weighted by atomic mass is 14.6. The molecule has 0 aromatic rings. The summed E-state index contributed by atoms with van der Waals surface area (Å²) >= 11 is 0. The molecule has 0 radical (unpaired) electrons. The maximum Gasteiger partial charge on any atom is -0.00181 e. The monoisotopic (exact) mass is 197 g/mol. The molecule has 0 atom stereocenters. The van der Waals surface area contributed by atoms with E-state index >= 15 is 0 Å². The van der Waals surface area contributed by atoms with Crippen molar-refractivity contribution in [2.45, 2.75) is 65.2 Å². The Labute approximate surface area is 89.5 Å². The van der Waals surface area contributed by atoms with Crippen molar-refractivity contribution in [3.63, 3.8) is 0 Å². The van der Waals surface area contributed by atoms with E-state index in [2.05, 4.69) is 13.8 Å². The molecule has 1 saturated carbocycles. The summed E-state index contributed by atoms with van der Waals surface area (Å²) in [6.07, 6.45) is 11.2. The molecule has 14 heavy (non-hydrogen) atoms. The molecule has 0 amide bonds. The average molecular weight is 197 g/mol. The van der Waals surface area contributed by atoms with Crippen molar-refractivity contribution in [1.82, 2.24) is 0 Å². The van der Waals surface area contributed by atoms with Gasteiger partial charge in [-0.15, -0.1) is 0 Å². The summed E-state index contributed by atoms with van der Waals surface area (Å²) in [4.78, 5) is 0. The molecule has 1 heteroatoms. The molecule has 1 fully saturated rings. The highest BCUT2D eigenvalue weighted by Gasteiger charge is 2.33. The third-order valence-corrected chi connectivity index (χ3v) is 4.54. The highest BCUT2D eigenvalue weighted by Crippen LogP contribution is 2.41. The van der Waals surface area contributed by atoms with Gasteiger partial charge < -0.3 is 5.73 Å². The molecule has 1 rings (SSSR count). The van der Waals surface area contributed by atoms with Crippen LogP contribution in [0, 0.1) is 11.3 Å². The van der Waals surface area contributed by atoms with E-state index in [4.69, 9.17) is 5.73 Å². The Balaban J connectivity index is 2.64. The van der Waals surface area contributed by atoms with Gasteiger partial charge in [-0.25, -0.2) is 0 Å². The topological polar surface area (TPSA) is 26.0 Å². The molecule has 1 nitrogen and oxygen atoms in total. The highest BCUT2D eigenvalue weighted by molar-refractivity contribution is 4.86. The van der Waals surface area contributed by atoms with Crippen LogP contribution in [0.25, 0.3) is 0 Å². The van der Waals surface area contributed by atoms with Crippen molar-refractivity contribution in [1.29, 1.82) is 0 Å². The van der Waals surface area contributed by atoms with Gasteiger partial charge in [0.2, 0.25) is 0 Å². The summed E-state index contributed by atoms with van der Waals surface area (Å²) in [7, 11) is 0. The normalized spacial score (nSPS) is 20.8. The Hall–Kier alpha value is -0.0400. The first-order chi connectivity index (χ1) is 6.79. The van der Waals surface area contributed by atoms with Crippen molar-refractivity contribution < 1.29 is 0 Å². The second-order valence-corrected chi connectivity index (χ2v) is 4.96. The average Bonchev–Trinajstić information content (AvgIpc) is 2.51. The van der Waals surface area contributed by atoms with Crippen LogP contribution in [0.4, 0.5) is 0 Å². The standard InChI is InChI=1S/C13H27N/c1-3-13(4-2,11-14)12-9-7-5-6-8-10-12/h12H,3-11,14H2,1-2H3. The summed E-state index contributed by atoms with van der Waals surface area (Å²) in [6.45, 7) is 5.53. The minimum Gasteiger partial charge on any atom is -0.330 e. The lowest BCUT2D eigenvalue weighted by atomic mass is 9.68. The largest absolute Gasteiger partial charge is 0.330 e. The van der Waals surface area contributed by atoms with E-state index in [0.717, 1.165) is 12.5 Å². The second-order valence-electron chi connectivity index (χ2n) is 4.96. The number of nitrogens with two attached hydrogens (primary N) is 1. The Kier molecular flexibility index (Phi) is 4.94. The fourth-order valence-corrected chi connectivity index (χ4v) is 3.17. The van der Waals surface area contributed by atoms with Crippen LogP contribution in [0.2, 0.25) is 0 Å². The molecule has 0 spiro atoms. The van der Waals surface area contributed by atoms with Crippen LogP contribution in [-0.4, -0.2) is 6.54 Å². The lowest BCUT2D eigenvalue weighted by Gasteiger charge is -2.38. The molecular formula is C13H27N. The predicted molar refractivity (Wildman–Crippen MR) is 63.3 cm³/mol. The zero-order chi connectivity index (χ0) is 10.4. The molecule has 0 aliphatic heterocycles. The van der Waals surface area contributed by atoms with Gasteiger partial charge in [0.25, 0.3) is 0 Å². The van der Waals surface area contributed by atoms with Gasteiger partial charge >= 0.3 is 0 Å². The molecule has 0 unspecified atom stereocenters. The van der Waals surface area contributed by atoms with Gasteiger partial charge in [-0.1, -0.05) is 39.5 Å². The van der Waals surface area contributed by atoms with Crippen LogP contribution in [0.3, 0.4) is 0 Å². The van der Waals surface area contributed by atoms with E-state index in [9.17, 15) is 0 Å². The second kappa shape index (κ2) is 5.75. The van der Waals surface area contributed by atoms with Crippen molar-refractivity contribution in [2.75, 3.05) is 6.54 Å². The van der Waals surface area contributed by atoms with E-state index in [-0.39, 0.29) is 0 Å². The van der Waals surface area contributed by atoms with Crippen LogP contribution in [-0.2, 0) is 0 Å². The maximum atomic E-state index is 6.01. The molecule has 0 heterocycles. The van der Waals surface area contributed by atoms with E-state index in [1.54, 1.807) is 0 Å². The van der Waals surface area contributed by atoms with Crippen molar-refractivity contribution in [3.05, 3.63) is 0 Å². The number of hydrogen-bond acceptors (Lipinski definition) is 1. The quantitative estimate of drug-likeness (QED) is 0.683. The molecule has 1 aliphatic carbocycles. The maximum absolute atomic E-state index is 6.01. The Morgan fingerprint density at radius 2 is 1.50 bits per heavy atom. The first-order valence-corrected chi connectivity index (χ1v) is 6.49. The Morgan fingerprint density at radius 1 is 1.00 bits per heavy atom. The van der Waals surface area contributed by atoms with Crippen molar-refractivity contribution >= 4 is 0 Å². The lowest BCUT2D eigenvalue weighted by Crippen LogP contribution is -2.37. The minimum absolute atomic E-state index is 0.463. The SMILES string of the molecule is CCC(CC)(CN)C1CCCCCC1. The zero-order valence-electron chi connectivity index (χ0n) is 10.0. The molecular weight excluding hydrogens is 170 g/mol. The van der Waals surface area contributed by atoms with Gasteiger partial charge in [0.1, 0.15) is 0 Å². The summed E-state index contributed by atoms with van der Waals surface area (Å²) < 4.78 is 0. The number of rotatable bonds is 4. The Morgan fingerprint density at radius 3 is 1.86 bits per heavy atom. The minimum atomic E-state index is 0.463. The molecule has 2 N–H and O–H groups in total. The smallest absolute Gasteiger partial charge is 0.00181 e. The molecule has 0 saturated heterocycles. The van der Waals surface area contributed by atoms with Crippen molar-refractivity contribution in [3.8, 4) is 0 Å². The van der Waals surface area contributed by atoms with Crippen LogP contribution in [0.5, 0.6) is 0 Å². The third kappa shape index (κ3) is 2.50. The van der Waals surface area contributed by atoms with Gasteiger partial charge in [0.05, 0.1) is 0 Å².